The molecule has 78 valence electrons. The first-order valence-corrected chi connectivity index (χ1v) is 4.72. The molecule has 0 unspecified atom stereocenters. The molecular weight excluding hydrogens is 194 g/mol. The van der Waals surface area contributed by atoms with Crippen molar-refractivity contribution in [3.63, 3.8) is 0 Å². The van der Waals surface area contributed by atoms with E-state index in [1.807, 2.05) is 13.0 Å². The Balaban J connectivity index is 2.57. The summed E-state index contributed by atoms with van der Waals surface area (Å²) in [6, 6.07) is 5.35. The van der Waals surface area contributed by atoms with Gasteiger partial charge >= 0.3 is 0 Å². The lowest BCUT2D eigenvalue weighted by Gasteiger charge is -2.07. The monoisotopic (exact) mass is 205 g/mol. The number of carbonyl (C=O) groups is 1. The quantitative estimate of drug-likeness (QED) is 0.519. The van der Waals surface area contributed by atoms with E-state index in [0.29, 0.717) is 24.3 Å². The van der Waals surface area contributed by atoms with Crippen molar-refractivity contribution in [2.45, 2.75) is 13.3 Å². The number of hydrogen-bond donors (Lipinski definition) is 1. The molecule has 1 N–H and O–H groups in total. The molecule has 0 radical (unpaired) electrons. The van der Waals surface area contributed by atoms with Crippen LogP contribution in [-0.4, -0.2) is 23.3 Å². The van der Waals surface area contributed by atoms with Crippen molar-refractivity contribution in [3.05, 3.63) is 29.3 Å². The van der Waals surface area contributed by atoms with Gasteiger partial charge in [0.25, 0.3) is 0 Å². The maximum Gasteiger partial charge on any atom is 0.214 e. The Bertz CT molecular complexity index is 437. The molecule has 0 saturated heterocycles. The minimum absolute atomic E-state index is 0.152. The van der Waals surface area contributed by atoms with Crippen LogP contribution in [0.25, 0.3) is 0 Å². The molecule has 1 heterocycles. The summed E-state index contributed by atoms with van der Waals surface area (Å²) in [7, 11) is 0. The summed E-state index contributed by atoms with van der Waals surface area (Å²) >= 11 is 0. The van der Waals surface area contributed by atoms with E-state index in [-0.39, 0.29) is 11.5 Å². The average molecular weight is 205 g/mol. The number of rotatable bonds is 0. The fourth-order valence-electron chi connectivity index (χ4n) is 1.64. The Morgan fingerprint density at radius 2 is 2.27 bits per heavy atom. The molecule has 0 bridgehead atoms. The number of fused-ring (bicyclic) bond motifs is 1. The first-order valence-electron chi connectivity index (χ1n) is 4.72. The van der Waals surface area contributed by atoms with Crippen molar-refractivity contribution in [1.29, 1.82) is 0 Å². The van der Waals surface area contributed by atoms with Gasteiger partial charge in [-0.3, -0.25) is 4.79 Å². The summed E-state index contributed by atoms with van der Waals surface area (Å²) in [6.45, 7) is 2.25. The van der Waals surface area contributed by atoms with Crippen molar-refractivity contribution in [3.8, 4) is 5.75 Å². The van der Waals surface area contributed by atoms with Crippen LogP contribution in [0.15, 0.2) is 23.4 Å². The highest BCUT2D eigenvalue weighted by Crippen LogP contribution is 2.26. The minimum atomic E-state index is -0.256. The third-order valence-corrected chi connectivity index (χ3v) is 2.42. The third kappa shape index (κ3) is 1.58. The van der Waals surface area contributed by atoms with Crippen molar-refractivity contribution in [2.24, 2.45) is 5.16 Å². The van der Waals surface area contributed by atoms with Gasteiger partial charge in [-0.25, -0.2) is 0 Å². The van der Waals surface area contributed by atoms with Gasteiger partial charge in [0.2, 0.25) is 5.78 Å². The van der Waals surface area contributed by atoms with Gasteiger partial charge in [-0.2, -0.15) is 0 Å². The number of aryl methyl sites for hydroxylation is 1. The van der Waals surface area contributed by atoms with Crippen LogP contribution < -0.4 is 4.74 Å². The van der Waals surface area contributed by atoms with Crippen LogP contribution in [0.5, 0.6) is 5.75 Å². The summed E-state index contributed by atoms with van der Waals surface area (Å²) in [5, 5.41) is 11.7. The van der Waals surface area contributed by atoms with Crippen LogP contribution in [0.2, 0.25) is 0 Å². The Kier molecular flexibility index (Phi) is 2.41. The number of hydrogen-bond acceptors (Lipinski definition) is 4. The Labute approximate surface area is 87.2 Å². The Morgan fingerprint density at radius 1 is 1.47 bits per heavy atom. The van der Waals surface area contributed by atoms with E-state index < -0.39 is 0 Å². The number of para-hydroxylation sites is 1. The summed E-state index contributed by atoms with van der Waals surface area (Å²) < 4.78 is 5.47. The summed E-state index contributed by atoms with van der Waals surface area (Å²) in [5.74, 6) is 0.342. The lowest BCUT2D eigenvalue weighted by molar-refractivity contribution is 0.106. The molecule has 0 aromatic heterocycles. The van der Waals surface area contributed by atoms with Crippen LogP contribution in [0.4, 0.5) is 0 Å². The predicted molar refractivity (Wildman–Crippen MR) is 54.8 cm³/mol. The maximum atomic E-state index is 11.8. The third-order valence-electron chi connectivity index (χ3n) is 2.42. The van der Waals surface area contributed by atoms with Gasteiger partial charge < -0.3 is 9.94 Å². The summed E-state index contributed by atoms with van der Waals surface area (Å²) in [4.78, 5) is 11.8. The van der Waals surface area contributed by atoms with E-state index in [9.17, 15) is 4.79 Å². The smallest absolute Gasteiger partial charge is 0.214 e. The lowest BCUT2D eigenvalue weighted by Crippen LogP contribution is -2.13. The van der Waals surface area contributed by atoms with Crippen molar-refractivity contribution in [2.75, 3.05) is 6.61 Å². The molecule has 0 saturated carbocycles. The van der Waals surface area contributed by atoms with Gasteiger partial charge in [0.15, 0.2) is 0 Å². The zero-order valence-electron chi connectivity index (χ0n) is 8.36. The minimum Gasteiger partial charge on any atom is -0.492 e. The number of nitrogens with zero attached hydrogens (tertiary/aromatic N) is 1. The molecule has 2 rings (SSSR count). The lowest BCUT2D eigenvalue weighted by atomic mass is 10.0. The second kappa shape index (κ2) is 3.73. The zero-order valence-corrected chi connectivity index (χ0v) is 8.36. The molecule has 1 aromatic carbocycles. The van der Waals surface area contributed by atoms with Crippen molar-refractivity contribution in [1.82, 2.24) is 0 Å². The molecule has 1 aromatic rings. The highest BCUT2D eigenvalue weighted by atomic mass is 16.5. The van der Waals surface area contributed by atoms with E-state index in [0.717, 1.165) is 5.56 Å². The van der Waals surface area contributed by atoms with Crippen LogP contribution in [-0.2, 0) is 0 Å². The van der Waals surface area contributed by atoms with Crippen LogP contribution >= 0.6 is 0 Å². The van der Waals surface area contributed by atoms with E-state index in [1.54, 1.807) is 12.1 Å². The topological polar surface area (TPSA) is 58.9 Å². The van der Waals surface area contributed by atoms with Crippen LogP contribution in [0.3, 0.4) is 0 Å². The van der Waals surface area contributed by atoms with E-state index in [4.69, 9.17) is 9.94 Å². The number of ketones is 1. The fraction of sp³-hybridized carbons (Fsp3) is 0.273. The van der Waals surface area contributed by atoms with Crippen molar-refractivity contribution >= 4 is 11.5 Å². The van der Waals surface area contributed by atoms with Crippen LogP contribution in [0.1, 0.15) is 22.3 Å². The summed E-state index contributed by atoms with van der Waals surface area (Å²) in [5.41, 5.74) is 1.54. The van der Waals surface area contributed by atoms with Gasteiger partial charge in [0.05, 0.1) is 12.2 Å². The van der Waals surface area contributed by atoms with Gasteiger partial charge in [0, 0.05) is 6.42 Å². The van der Waals surface area contributed by atoms with Crippen LogP contribution in [0, 0.1) is 6.92 Å². The number of Topliss-reactive ketones (excluding diaryl/α,β-unsaturated/α-hetero) is 1. The molecule has 0 atom stereocenters. The standard InChI is InChI=1S/C11H11NO3/c1-7-3-2-4-8-10(13)9(12-14)5-6-15-11(7)8/h2-4,14H,5-6H2,1H3/b12-9-. The molecule has 0 fully saturated rings. The Hall–Kier alpha value is -1.84. The van der Waals surface area contributed by atoms with Crippen molar-refractivity contribution < 1.29 is 14.7 Å². The maximum absolute atomic E-state index is 11.8. The SMILES string of the molecule is Cc1cccc2c1OCC/C(=N/O)C2=O. The fourth-order valence-corrected chi connectivity index (χ4v) is 1.64. The number of oxime groups is 1. The molecule has 15 heavy (non-hydrogen) atoms. The van der Waals surface area contributed by atoms with Gasteiger partial charge in [-0.05, 0) is 18.6 Å². The molecule has 0 aliphatic carbocycles. The average Bonchev–Trinajstić information content (AvgIpc) is 2.40. The largest absolute Gasteiger partial charge is 0.492 e. The number of carbonyl (C=O) groups excluding carboxylic acids is 1. The Morgan fingerprint density at radius 3 is 3.00 bits per heavy atom. The second-order valence-corrected chi connectivity index (χ2v) is 3.43. The number of benzene rings is 1. The van der Waals surface area contributed by atoms with Gasteiger partial charge in [-0.1, -0.05) is 17.3 Å². The first kappa shape index (κ1) is 9.71. The number of ether oxygens (including phenoxy) is 1. The van der Waals surface area contributed by atoms with E-state index in [2.05, 4.69) is 5.16 Å². The molecule has 4 nitrogen and oxygen atoms in total. The normalized spacial score (nSPS) is 18.2. The van der Waals surface area contributed by atoms with E-state index in [1.165, 1.54) is 0 Å². The molecule has 0 amide bonds. The second-order valence-electron chi connectivity index (χ2n) is 3.43. The van der Waals surface area contributed by atoms with Gasteiger partial charge in [-0.15, -0.1) is 0 Å². The van der Waals surface area contributed by atoms with E-state index >= 15 is 0 Å². The molecule has 4 heteroatoms. The zero-order chi connectivity index (χ0) is 10.8. The first-order chi connectivity index (χ1) is 7.24. The summed E-state index contributed by atoms with van der Waals surface area (Å²) in [6.07, 6.45) is 0.337. The predicted octanol–water partition coefficient (Wildman–Crippen LogP) is 1.79. The molecule has 0 spiro atoms. The highest BCUT2D eigenvalue weighted by Gasteiger charge is 2.23. The van der Waals surface area contributed by atoms with Gasteiger partial charge in [0.1, 0.15) is 11.5 Å². The molecule has 1 aliphatic heterocycles. The molecule has 1 aliphatic rings. The molecular formula is C11H11NO3. The highest BCUT2D eigenvalue weighted by molar-refractivity contribution is 6.46.